The van der Waals surface area contributed by atoms with E-state index in [9.17, 15) is 4.79 Å². The Hall–Kier alpha value is -1.42. The molecule has 0 spiro atoms. The van der Waals surface area contributed by atoms with Crippen LogP contribution in [0.1, 0.15) is 18.9 Å². The molecule has 76 valence electrons. The van der Waals surface area contributed by atoms with E-state index in [1.54, 1.807) is 18.3 Å². The minimum absolute atomic E-state index is 0.00667. The molecular formula is C10H15N3O. The Labute approximate surface area is 83.3 Å². The molecule has 1 aromatic heterocycles. The number of nitrogens with zero attached hydrogens (tertiary/aromatic N) is 1. The third-order valence-electron chi connectivity index (χ3n) is 2.14. The number of rotatable bonds is 4. The van der Waals surface area contributed by atoms with E-state index >= 15 is 0 Å². The summed E-state index contributed by atoms with van der Waals surface area (Å²) in [6.45, 7) is 1.88. The van der Waals surface area contributed by atoms with Crippen LogP contribution in [0.4, 0.5) is 5.82 Å². The largest absolute Gasteiger partial charge is 0.383 e. The van der Waals surface area contributed by atoms with Gasteiger partial charge in [-0.05, 0) is 12.5 Å². The Kier molecular flexibility index (Phi) is 3.59. The number of carbonyl (C=O) groups is 1. The van der Waals surface area contributed by atoms with Gasteiger partial charge in [-0.3, -0.25) is 4.79 Å². The van der Waals surface area contributed by atoms with Crippen LogP contribution < -0.4 is 11.5 Å². The van der Waals surface area contributed by atoms with E-state index in [4.69, 9.17) is 11.5 Å². The maximum absolute atomic E-state index is 11.5. The van der Waals surface area contributed by atoms with Crippen molar-refractivity contribution in [1.82, 2.24) is 4.98 Å². The summed E-state index contributed by atoms with van der Waals surface area (Å²) in [5.74, 6) is 0.413. The van der Waals surface area contributed by atoms with Gasteiger partial charge in [0.25, 0.3) is 0 Å². The zero-order valence-corrected chi connectivity index (χ0v) is 8.23. The molecular weight excluding hydrogens is 178 g/mol. The summed E-state index contributed by atoms with van der Waals surface area (Å²) in [5, 5.41) is 0. The number of aromatic nitrogens is 1. The first-order valence-corrected chi connectivity index (χ1v) is 4.62. The van der Waals surface area contributed by atoms with Crippen LogP contribution in [0.25, 0.3) is 0 Å². The first-order chi connectivity index (χ1) is 6.65. The molecule has 0 saturated heterocycles. The van der Waals surface area contributed by atoms with Gasteiger partial charge in [0.05, 0.1) is 6.04 Å². The normalized spacial score (nSPS) is 12.4. The highest BCUT2D eigenvalue weighted by molar-refractivity contribution is 5.86. The molecule has 1 heterocycles. The van der Waals surface area contributed by atoms with Gasteiger partial charge < -0.3 is 11.5 Å². The number of ketones is 1. The van der Waals surface area contributed by atoms with Crippen molar-refractivity contribution in [2.24, 2.45) is 5.73 Å². The van der Waals surface area contributed by atoms with Crippen molar-refractivity contribution in [3.63, 3.8) is 0 Å². The van der Waals surface area contributed by atoms with E-state index in [0.29, 0.717) is 12.2 Å². The summed E-state index contributed by atoms with van der Waals surface area (Å²) < 4.78 is 0. The van der Waals surface area contributed by atoms with E-state index in [1.807, 2.05) is 6.92 Å². The van der Waals surface area contributed by atoms with E-state index in [0.717, 1.165) is 5.56 Å². The summed E-state index contributed by atoms with van der Waals surface area (Å²) in [4.78, 5) is 15.4. The van der Waals surface area contributed by atoms with Crippen molar-refractivity contribution < 1.29 is 4.79 Å². The van der Waals surface area contributed by atoms with Crippen molar-refractivity contribution in [3.05, 3.63) is 23.9 Å². The summed E-state index contributed by atoms with van der Waals surface area (Å²) in [6, 6.07) is 3.16. The fourth-order valence-electron chi connectivity index (χ4n) is 1.15. The van der Waals surface area contributed by atoms with Crippen LogP contribution in [0.2, 0.25) is 0 Å². The molecule has 0 fully saturated rings. The Bertz CT molecular complexity index is 325. The number of nitrogens with two attached hydrogens (primary N) is 2. The van der Waals surface area contributed by atoms with Crippen molar-refractivity contribution in [1.29, 1.82) is 0 Å². The van der Waals surface area contributed by atoms with Gasteiger partial charge in [-0.15, -0.1) is 0 Å². The average Bonchev–Trinajstić information content (AvgIpc) is 2.20. The van der Waals surface area contributed by atoms with Crippen molar-refractivity contribution in [3.8, 4) is 0 Å². The molecule has 0 aliphatic rings. The number of anilines is 1. The minimum Gasteiger partial charge on any atom is -0.383 e. The lowest BCUT2D eigenvalue weighted by molar-refractivity contribution is -0.119. The van der Waals surface area contributed by atoms with Crippen LogP contribution in [0.5, 0.6) is 0 Å². The van der Waals surface area contributed by atoms with E-state index in [-0.39, 0.29) is 12.2 Å². The Morgan fingerprint density at radius 1 is 1.64 bits per heavy atom. The topological polar surface area (TPSA) is 82.0 Å². The van der Waals surface area contributed by atoms with Gasteiger partial charge in [-0.25, -0.2) is 4.98 Å². The van der Waals surface area contributed by atoms with Gasteiger partial charge in [0.15, 0.2) is 5.78 Å². The lowest BCUT2D eigenvalue weighted by Crippen LogP contribution is -2.31. The number of carbonyl (C=O) groups excluding carboxylic acids is 1. The van der Waals surface area contributed by atoms with Crippen molar-refractivity contribution in [2.75, 3.05) is 5.73 Å². The quantitative estimate of drug-likeness (QED) is 0.730. The Balaban J connectivity index is 2.70. The molecule has 4 heteroatoms. The molecule has 0 saturated carbocycles. The number of pyridine rings is 1. The van der Waals surface area contributed by atoms with Crippen LogP contribution >= 0.6 is 0 Å². The van der Waals surface area contributed by atoms with Crippen LogP contribution in [0.3, 0.4) is 0 Å². The third-order valence-corrected chi connectivity index (χ3v) is 2.14. The van der Waals surface area contributed by atoms with E-state index in [2.05, 4.69) is 4.98 Å². The number of hydrogen-bond donors (Lipinski definition) is 2. The van der Waals surface area contributed by atoms with Crippen molar-refractivity contribution in [2.45, 2.75) is 25.8 Å². The molecule has 1 unspecified atom stereocenters. The van der Waals surface area contributed by atoms with Crippen LogP contribution in [-0.4, -0.2) is 16.8 Å². The molecule has 0 aromatic carbocycles. The second-order valence-electron chi connectivity index (χ2n) is 3.21. The highest BCUT2D eigenvalue weighted by Gasteiger charge is 2.13. The highest BCUT2D eigenvalue weighted by Crippen LogP contribution is 2.09. The number of hydrogen-bond acceptors (Lipinski definition) is 4. The number of Topliss-reactive ketones (excluding diaryl/α,β-unsaturated/α-hetero) is 1. The molecule has 4 nitrogen and oxygen atoms in total. The van der Waals surface area contributed by atoms with Crippen molar-refractivity contribution >= 4 is 11.6 Å². The van der Waals surface area contributed by atoms with E-state index < -0.39 is 6.04 Å². The molecule has 0 aliphatic carbocycles. The molecule has 1 atom stereocenters. The molecule has 1 aromatic rings. The van der Waals surface area contributed by atoms with E-state index in [1.165, 1.54) is 0 Å². The Morgan fingerprint density at radius 3 is 2.93 bits per heavy atom. The summed E-state index contributed by atoms with van der Waals surface area (Å²) in [6.07, 6.45) is 2.52. The van der Waals surface area contributed by atoms with Gasteiger partial charge in [-0.1, -0.05) is 13.0 Å². The van der Waals surface area contributed by atoms with Crippen LogP contribution in [0.15, 0.2) is 18.3 Å². The van der Waals surface area contributed by atoms with Gasteiger partial charge in [0.2, 0.25) is 0 Å². The number of nitrogen functional groups attached to an aromatic ring is 1. The predicted molar refractivity (Wildman–Crippen MR) is 55.6 cm³/mol. The summed E-state index contributed by atoms with van der Waals surface area (Å²) >= 11 is 0. The van der Waals surface area contributed by atoms with Crippen LogP contribution in [0, 0.1) is 0 Å². The summed E-state index contributed by atoms with van der Waals surface area (Å²) in [5.41, 5.74) is 12.0. The highest BCUT2D eigenvalue weighted by atomic mass is 16.1. The molecule has 4 N–H and O–H groups in total. The molecule has 0 bridgehead atoms. The maximum atomic E-state index is 11.5. The van der Waals surface area contributed by atoms with Gasteiger partial charge in [-0.2, -0.15) is 0 Å². The lowest BCUT2D eigenvalue weighted by Gasteiger charge is -2.08. The molecule has 0 amide bonds. The molecule has 0 radical (unpaired) electrons. The predicted octanol–water partition coefficient (Wildman–Crippen LogP) is 0.513. The standard InChI is InChI=1S/C10H15N3O/c1-2-8(11)9(14)6-7-4-3-5-13-10(7)12/h3-5,8H,2,6,11H2,1H3,(H2,12,13). The third kappa shape index (κ3) is 2.53. The van der Waals surface area contributed by atoms with Gasteiger partial charge in [0, 0.05) is 18.2 Å². The average molecular weight is 193 g/mol. The molecule has 1 rings (SSSR count). The minimum atomic E-state index is -0.394. The summed E-state index contributed by atoms with van der Waals surface area (Å²) in [7, 11) is 0. The zero-order valence-electron chi connectivity index (χ0n) is 8.23. The smallest absolute Gasteiger partial charge is 0.154 e. The first kappa shape index (κ1) is 10.7. The first-order valence-electron chi connectivity index (χ1n) is 4.62. The SMILES string of the molecule is CCC(N)C(=O)Cc1cccnc1N. The van der Waals surface area contributed by atoms with Gasteiger partial charge >= 0.3 is 0 Å². The van der Waals surface area contributed by atoms with Crippen LogP contribution in [-0.2, 0) is 11.2 Å². The molecule has 0 aliphatic heterocycles. The molecule has 14 heavy (non-hydrogen) atoms. The zero-order chi connectivity index (χ0) is 10.6. The maximum Gasteiger partial charge on any atom is 0.154 e. The monoisotopic (exact) mass is 193 g/mol. The lowest BCUT2D eigenvalue weighted by atomic mass is 10.0. The fraction of sp³-hybridized carbons (Fsp3) is 0.400. The van der Waals surface area contributed by atoms with Gasteiger partial charge in [0.1, 0.15) is 5.82 Å². The second-order valence-corrected chi connectivity index (χ2v) is 3.21. The second kappa shape index (κ2) is 4.72. The Morgan fingerprint density at radius 2 is 2.36 bits per heavy atom. The fourth-order valence-corrected chi connectivity index (χ4v) is 1.15.